The first kappa shape index (κ1) is 9.58. The van der Waals surface area contributed by atoms with Gasteiger partial charge >= 0.3 is 0 Å². The molecule has 0 unspecified atom stereocenters. The highest BCUT2D eigenvalue weighted by Crippen LogP contribution is 2.31. The summed E-state index contributed by atoms with van der Waals surface area (Å²) in [5.74, 6) is -4.01. The second-order valence-electron chi connectivity index (χ2n) is 2.32. The molecule has 4 heteroatoms. The summed E-state index contributed by atoms with van der Waals surface area (Å²) in [6.45, 7) is 0. The van der Waals surface area contributed by atoms with Crippen LogP contribution in [0.3, 0.4) is 0 Å². The summed E-state index contributed by atoms with van der Waals surface area (Å²) >= 11 is 2.63. The maximum Gasteiger partial charge on any atom is 0.285 e. The number of rotatable bonds is 2. The number of benzene rings is 1. The van der Waals surface area contributed by atoms with Crippen LogP contribution in [0.4, 0.5) is 13.2 Å². The van der Waals surface area contributed by atoms with Crippen molar-refractivity contribution >= 4 is 15.9 Å². The Morgan fingerprint density at radius 3 is 2.33 bits per heavy atom. The van der Waals surface area contributed by atoms with E-state index in [9.17, 15) is 13.2 Å². The van der Waals surface area contributed by atoms with E-state index in [2.05, 4.69) is 15.9 Å². The molecule has 0 spiro atoms. The minimum Gasteiger partial charge on any atom is -0.206 e. The van der Waals surface area contributed by atoms with E-state index in [0.29, 0.717) is 0 Å². The van der Waals surface area contributed by atoms with Gasteiger partial charge in [0.15, 0.2) is 0 Å². The molecule has 0 aliphatic heterocycles. The van der Waals surface area contributed by atoms with Crippen molar-refractivity contribution in [2.75, 3.05) is 5.33 Å². The molecule has 0 saturated heterocycles. The third-order valence-corrected chi connectivity index (χ3v) is 2.14. The van der Waals surface area contributed by atoms with Gasteiger partial charge in [0.1, 0.15) is 5.82 Å². The Balaban J connectivity index is 3.10. The fourth-order valence-electron chi connectivity index (χ4n) is 0.830. The molecule has 0 N–H and O–H groups in total. The average Bonchev–Trinajstić information content (AvgIpc) is 2.05. The van der Waals surface area contributed by atoms with Crippen LogP contribution < -0.4 is 0 Å². The van der Waals surface area contributed by atoms with Crippen LogP contribution in [-0.2, 0) is 5.92 Å². The molecule has 0 amide bonds. The van der Waals surface area contributed by atoms with E-state index in [4.69, 9.17) is 0 Å². The summed E-state index contributed by atoms with van der Waals surface area (Å²) in [6, 6.07) is 4.86. The molecule has 1 aromatic carbocycles. The molecule has 0 heterocycles. The van der Waals surface area contributed by atoms with Crippen LogP contribution in [0.15, 0.2) is 24.3 Å². The highest BCUT2D eigenvalue weighted by atomic mass is 79.9. The van der Waals surface area contributed by atoms with Gasteiger partial charge in [-0.05, 0) is 6.07 Å². The van der Waals surface area contributed by atoms with Crippen molar-refractivity contribution in [1.82, 2.24) is 0 Å². The Labute approximate surface area is 76.5 Å². The number of hydrogen-bond acceptors (Lipinski definition) is 0. The summed E-state index contributed by atoms with van der Waals surface area (Å²) in [6.07, 6.45) is 0. The van der Waals surface area contributed by atoms with E-state index in [1.165, 1.54) is 12.1 Å². The lowest BCUT2D eigenvalue weighted by atomic mass is 10.1. The monoisotopic (exact) mass is 238 g/mol. The zero-order valence-corrected chi connectivity index (χ0v) is 7.61. The van der Waals surface area contributed by atoms with Gasteiger partial charge in [-0.1, -0.05) is 34.1 Å². The lowest BCUT2D eigenvalue weighted by Gasteiger charge is -2.13. The van der Waals surface area contributed by atoms with Crippen molar-refractivity contribution < 1.29 is 13.2 Å². The van der Waals surface area contributed by atoms with Crippen molar-refractivity contribution in [3.8, 4) is 0 Å². The van der Waals surface area contributed by atoms with Crippen LogP contribution in [-0.4, -0.2) is 5.33 Å². The number of hydrogen-bond donors (Lipinski definition) is 0. The van der Waals surface area contributed by atoms with Crippen LogP contribution in [0, 0.1) is 5.82 Å². The van der Waals surface area contributed by atoms with Gasteiger partial charge in [0.25, 0.3) is 5.92 Å². The predicted octanol–water partition coefficient (Wildman–Crippen LogP) is 3.31. The molecule has 1 rings (SSSR count). The largest absolute Gasteiger partial charge is 0.285 e. The fourth-order valence-corrected chi connectivity index (χ4v) is 1.13. The molecule has 0 fully saturated rings. The standard InChI is InChI=1S/C8H6BrF3/c9-5-8(11,12)6-3-1-2-4-7(6)10/h1-4H,5H2. The molecule has 0 bridgehead atoms. The fraction of sp³-hybridized carbons (Fsp3) is 0.250. The molecular weight excluding hydrogens is 233 g/mol. The molecular formula is C8H6BrF3. The van der Waals surface area contributed by atoms with Crippen molar-refractivity contribution in [2.24, 2.45) is 0 Å². The van der Waals surface area contributed by atoms with E-state index in [-0.39, 0.29) is 0 Å². The average molecular weight is 239 g/mol. The number of alkyl halides is 3. The van der Waals surface area contributed by atoms with Gasteiger partial charge in [0.05, 0.1) is 10.9 Å². The van der Waals surface area contributed by atoms with Gasteiger partial charge in [0.2, 0.25) is 0 Å². The first-order chi connectivity index (χ1) is 5.58. The van der Waals surface area contributed by atoms with Crippen molar-refractivity contribution in [3.05, 3.63) is 35.6 Å². The first-order valence-electron chi connectivity index (χ1n) is 3.27. The lowest BCUT2D eigenvalue weighted by molar-refractivity contribution is 0.0208. The van der Waals surface area contributed by atoms with Gasteiger partial charge in [-0.3, -0.25) is 0 Å². The molecule has 12 heavy (non-hydrogen) atoms. The quantitative estimate of drug-likeness (QED) is 0.694. The second kappa shape index (κ2) is 3.47. The van der Waals surface area contributed by atoms with E-state index in [0.717, 1.165) is 12.1 Å². The van der Waals surface area contributed by atoms with Gasteiger partial charge < -0.3 is 0 Å². The van der Waals surface area contributed by atoms with Gasteiger partial charge in [-0.15, -0.1) is 0 Å². The summed E-state index contributed by atoms with van der Waals surface area (Å²) in [7, 11) is 0. The van der Waals surface area contributed by atoms with E-state index < -0.39 is 22.6 Å². The third-order valence-electron chi connectivity index (χ3n) is 1.44. The van der Waals surface area contributed by atoms with Gasteiger partial charge in [-0.25, -0.2) is 13.2 Å². The first-order valence-corrected chi connectivity index (χ1v) is 4.39. The van der Waals surface area contributed by atoms with E-state index >= 15 is 0 Å². The Morgan fingerprint density at radius 1 is 1.25 bits per heavy atom. The topological polar surface area (TPSA) is 0 Å². The SMILES string of the molecule is Fc1ccccc1C(F)(F)CBr. The zero-order valence-electron chi connectivity index (χ0n) is 6.03. The van der Waals surface area contributed by atoms with Crippen LogP contribution in [0.2, 0.25) is 0 Å². The lowest BCUT2D eigenvalue weighted by Crippen LogP contribution is -2.16. The molecule has 0 aromatic heterocycles. The smallest absolute Gasteiger partial charge is 0.206 e. The van der Waals surface area contributed by atoms with Crippen molar-refractivity contribution in [3.63, 3.8) is 0 Å². The van der Waals surface area contributed by atoms with Crippen molar-refractivity contribution in [1.29, 1.82) is 0 Å². The molecule has 0 aliphatic rings. The minimum absolute atomic E-state index is 0.568. The Hall–Kier alpha value is -0.510. The Bertz CT molecular complexity index is 273. The minimum atomic E-state index is -3.13. The second-order valence-corrected chi connectivity index (χ2v) is 2.88. The molecule has 66 valence electrons. The zero-order chi connectivity index (χ0) is 9.19. The molecule has 1 aromatic rings. The number of halogens is 4. The summed E-state index contributed by atoms with van der Waals surface area (Å²) in [4.78, 5) is 0. The maximum absolute atomic E-state index is 12.9. The molecule has 0 radical (unpaired) electrons. The van der Waals surface area contributed by atoms with Crippen molar-refractivity contribution in [2.45, 2.75) is 5.92 Å². The summed E-state index contributed by atoms with van der Waals surface area (Å²) in [5.41, 5.74) is -0.568. The molecule has 0 atom stereocenters. The van der Waals surface area contributed by atoms with Gasteiger partial charge in [0, 0.05) is 0 Å². The molecule has 0 nitrogen and oxygen atoms in total. The molecule has 0 saturated carbocycles. The van der Waals surface area contributed by atoms with E-state index in [1.807, 2.05) is 0 Å². The van der Waals surface area contributed by atoms with E-state index in [1.54, 1.807) is 0 Å². The maximum atomic E-state index is 12.9. The van der Waals surface area contributed by atoms with Crippen LogP contribution >= 0.6 is 15.9 Å². The normalized spacial score (nSPS) is 11.7. The predicted molar refractivity (Wildman–Crippen MR) is 44.1 cm³/mol. The van der Waals surface area contributed by atoms with Crippen LogP contribution in [0.5, 0.6) is 0 Å². The Morgan fingerprint density at radius 2 is 1.83 bits per heavy atom. The van der Waals surface area contributed by atoms with Gasteiger partial charge in [-0.2, -0.15) is 0 Å². The highest BCUT2D eigenvalue weighted by molar-refractivity contribution is 9.09. The molecule has 0 aliphatic carbocycles. The summed E-state index contributed by atoms with van der Waals surface area (Å²) in [5, 5.41) is -0.569. The van der Waals surface area contributed by atoms with Crippen LogP contribution in [0.1, 0.15) is 5.56 Å². The highest BCUT2D eigenvalue weighted by Gasteiger charge is 2.32. The Kier molecular flexibility index (Phi) is 2.77. The van der Waals surface area contributed by atoms with Crippen LogP contribution in [0.25, 0.3) is 0 Å². The third kappa shape index (κ3) is 1.80. The summed E-state index contributed by atoms with van der Waals surface area (Å²) < 4.78 is 38.5.